The summed E-state index contributed by atoms with van der Waals surface area (Å²) in [6.07, 6.45) is 0. The van der Waals surface area contributed by atoms with Crippen LogP contribution in [0.3, 0.4) is 0 Å². The molecule has 0 heterocycles. The van der Waals surface area contributed by atoms with E-state index >= 15 is 0 Å². The molecule has 0 aromatic heterocycles. The predicted octanol–water partition coefficient (Wildman–Crippen LogP) is 2.07. The third kappa shape index (κ3) is 2080. The summed E-state index contributed by atoms with van der Waals surface area (Å²) in [7, 11) is 0. The molecule has 0 saturated carbocycles. The molecule has 0 nitrogen and oxygen atoms in total. The zero-order valence-electron chi connectivity index (χ0n) is 2.08. The van der Waals surface area contributed by atoms with Gasteiger partial charge in [-0.15, -0.1) is 0 Å². The standard InChI is InChI=1S/CHF3S.CH4/c2-1(3,4)5;/h5H;1H4. The molecule has 0 aromatic carbocycles. The van der Waals surface area contributed by atoms with Crippen LogP contribution < -0.4 is 0 Å². The molecule has 0 radical (unpaired) electrons. The van der Waals surface area contributed by atoms with Crippen LogP contribution in [0, 0.1) is 0 Å². The van der Waals surface area contributed by atoms with Crippen molar-refractivity contribution < 1.29 is 13.2 Å². The fraction of sp³-hybridized carbons (Fsp3) is 1.00. The number of alkyl halides is 3. The van der Waals surface area contributed by atoms with Gasteiger partial charge in [-0.3, -0.25) is 0 Å². The second-order valence-electron chi connectivity index (χ2n) is 0.468. The fourth-order valence-electron chi connectivity index (χ4n) is 0. The summed E-state index contributed by atoms with van der Waals surface area (Å²) in [5, 5.41) is 0. The molecule has 4 heteroatoms. The highest BCUT2D eigenvalue weighted by Crippen LogP contribution is 2.17. The van der Waals surface area contributed by atoms with Crippen LogP contribution in [0.15, 0.2) is 0 Å². The predicted molar refractivity (Wildman–Crippen MR) is 21.8 cm³/mol. The topological polar surface area (TPSA) is 0 Å². The molecule has 0 unspecified atom stereocenters. The first-order valence-electron chi connectivity index (χ1n) is 0.791. The van der Waals surface area contributed by atoms with Gasteiger partial charge in [-0.1, -0.05) is 20.1 Å². The van der Waals surface area contributed by atoms with Crippen LogP contribution in [0.4, 0.5) is 13.2 Å². The number of halogens is 3. The van der Waals surface area contributed by atoms with E-state index in [1.54, 1.807) is 0 Å². The van der Waals surface area contributed by atoms with Gasteiger partial charge in [0.2, 0.25) is 0 Å². The van der Waals surface area contributed by atoms with Gasteiger partial charge in [0.05, 0.1) is 0 Å². The van der Waals surface area contributed by atoms with E-state index in [1.807, 2.05) is 0 Å². The Morgan fingerprint density at radius 2 is 1.17 bits per heavy atom. The summed E-state index contributed by atoms with van der Waals surface area (Å²) < 4.78 is 30.7. The molecule has 0 aliphatic heterocycles. The number of hydrogen-bond acceptors (Lipinski definition) is 1. The fourth-order valence-corrected chi connectivity index (χ4v) is 0. The van der Waals surface area contributed by atoms with Gasteiger partial charge in [0.25, 0.3) is 0 Å². The van der Waals surface area contributed by atoms with E-state index in [1.165, 1.54) is 0 Å². The summed E-state index contributed by atoms with van der Waals surface area (Å²) in [4.78, 5) is 0. The summed E-state index contributed by atoms with van der Waals surface area (Å²) in [6.45, 7) is 0. The maximum atomic E-state index is 10.2. The Morgan fingerprint density at radius 3 is 1.17 bits per heavy atom. The number of rotatable bonds is 0. The van der Waals surface area contributed by atoms with E-state index in [0.29, 0.717) is 0 Å². The van der Waals surface area contributed by atoms with Crippen molar-refractivity contribution in [3.05, 3.63) is 0 Å². The van der Waals surface area contributed by atoms with Crippen molar-refractivity contribution in [2.45, 2.75) is 12.9 Å². The van der Waals surface area contributed by atoms with Crippen LogP contribution in [-0.4, -0.2) is 5.51 Å². The van der Waals surface area contributed by atoms with Crippen molar-refractivity contribution >= 4 is 12.6 Å². The minimum absolute atomic E-state index is 0. The third-order valence-corrected chi connectivity index (χ3v) is 0. The van der Waals surface area contributed by atoms with Gasteiger partial charge in [-0.25, -0.2) is 0 Å². The maximum Gasteiger partial charge on any atom is 0.438 e. The van der Waals surface area contributed by atoms with Crippen LogP contribution in [0.1, 0.15) is 7.43 Å². The van der Waals surface area contributed by atoms with Crippen molar-refractivity contribution in [3.8, 4) is 0 Å². The quantitative estimate of drug-likeness (QED) is 0.462. The van der Waals surface area contributed by atoms with Crippen LogP contribution in [0.5, 0.6) is 0 Å². The smallest absolute Gasteiger partial charge is 0.161 e. The highest BCUT2D eigenvalue weighted by Gasteiger charge is 2.17. The number of hydrogen-bond donors (Lipinski definition) is 1. The van der Waals surface area contributed by atoms with Crippen molar-refractivity contribution in [2.75, 3.05) is 0 Å². The lowest BCUT2D eigenvalue weighted by Crippen LogP contribution is -1.89. The Bertz CT molecular complexity index is 24.3. The van der Waals surface area contributed by atoms with E-state index in [-0.39, 0.29) is 7.43 Å². The normalized spacial score (nSPS) is 10.0. The molecule has 0 saturated heterocycles. The first-order valence-corrected chi connectivity index (χ1v) is 1.24. The van der Waals surface area contributed by atoms with Crippen molar-refractivity contribution in [1.82, 2.24) is 0 Å². The van der Waals surface area contributed by atoms with Gasteiger partial charge in [0.15, 0.2) is 0 Å². The maximum absolute atomic E-state index is 10.2. The van der Waals surface area contributed by atoms with Gasteiger partial charge in [-0.05, 0) is 0 Å². The Hall–Kier alpha value is 0.140. The molecule has 40 valence electrons. The lowest BCUT2D eigenvalue weighted by Gasteiger charge is -1.87. The van der Waals surface area contributed by atoms with Gasteiger partial charge in [0, 0.05) is 0 Å². The lowest BCUT2D eigenvalue weighted by molar-refractivity contribution is -0.0303. The van der Waals surface area contributed by atoms with Gasteiger partial charge in [0.1, 0.15) is 0 Å². The number of thiol groups is 1. The van der Waals surface area contributed by atoms with Crippen molar-refractivity contribution in [1.29, 1.82) is 0 Å². The zero-order chi connectivity index (χ0) is 4.50. The van der Waals surface area contributed by atoms with Crippen LogP contribution >= 0.6 is 12.6 Å². The molecule has 0 aliphatic rings. The molecular weight excluding hydrogens is 113 g/mol. The molecule has 0 N–H and O–H groups in total. The molecule has 0 spiro atoms. The average Bonchev–Trinajstić information content (AvgIpc) is 0.722. The summed E-state index contributed by atoms with van der Waals surface area (Å²) in [5.74, 6) is 0. The Balaban J connectivity index is 0. The van der Waals surface area contributed by atoms with Crippen LogP contribution in [0.2, 0.25) is 0 Å². The van der Waals surface area contributed by atoms with Gasteiger partial charge in [-0.2, -0.15) is 13.2 Å². The average molecular weight is 118 g/mol. The van der Waals surface area contributed by atoms with Crippen molar-refractivity contribution in [2.24, 2.45) is 0 Å². The molecule has 0 bridgehead atoms. The Kier molecular flexibility index (Phi) is 3.69. The second kappa shape index (κ2) is 2.34. The minimum Gasteiger partial charge on any atom is -0.161 e. The Labute approximate surface area is 39.8 Å². The van der Waals surface area contributed by atoms with E-state index < -0.39 is 5.51 Å². The summed E-state index contributed by atoms with van der Waals surface area (Å²) >= 11 is 2.12. The molecule has 0 aromatic rings. The Morgan fingerprint density at radius 1 is 1.17 bits per heavy atom. The van der Waals surface area contributed by atoms with Crippen LogP contribution in [-0.2, 0) is 0 Å². The van der Waals surface area contributed by atoms with Crippen molar-refractivity contribution in [3.63, 3.8) is 0 Å². The van der Waals surface area contributed by atoms with E-state index in [4.69, 9.17) is 0 Å². The molecule has 0 amide bonds. The van der Waals surface area contributed by atoms with Crippen LogP contribution in [0.25, 0.3) is 0 Å². The zero-order valence-corrected chi connectivity index (χ0v) is 2.98. The second-order valence-corrected chi connectivity index (χ2v) is 0.975. The molecule has 6 heavy (non-hydrogen) atoms. The molecule has 0 atom stereocenters. The first-order chi connectivity index (χ1) is 2.00. The molecule has 0 rings (SSSR count). The molecular formula is C2H5F3S. The lowest BCUT2D eigenvalue weighted by atomic mass is 11.6. The van der Waals surface area contributed by atoms with E-state index in [2.05, 4.69) is 12.6 Å². The highest BCUT2D eigenvalue weighted by molar-refractivity contribution is 7.81. The minimum atomic E-state index is -4.31. The SMILES string of the molecule is C.FC(F)(F)S. The summed E-state index contributed by atoms with van der Waals surface area (Å²) in [6, 6.07) is 0. The largest absolute Gasteiger partial charge is 0.438 e. The molecule has 0 fully saturated rings. The van der Waals surface area contributed by atoms with E-state index in [9.17, 15) is 13.2 Å². The molecule has 0 aliphatic carbocycles. The highest BCUT2D eigenvalue weighted by atomic mass is 32.1. The first kappa shape index (κ1) is 9.46. The summed E-state index contributed by atoms with van der Waals surface area (Å²) in [5.41, 5.74) is -4.31. The van der Waals surface area contributed by atoms with Gasteiger partial charge >= 0.3 is 5.51 Å². The van der Waals surface area contributed by atoms with Gasteiger partial charge < -0.3 is 0 Å². The third-order valence-electron chi connectivity index (χ3n) is 0. The van der Waals surface area contributed by atoms with E-state index in [0.717, 1.165) is 0 Å². The monoisotopic (exact) mass is 118 g/mol.